The van der Waals surface area contributed by atoms with Crippen LogP contribution in [0.5, 0.6) is 0 Å². The van der Waals surface area contributed by atoms with Gasteiger partial charge in [-0.15, -0.1) is 0 Å². The van der Waals surface area contributed by atoms with Crippen molar-refractivity contribution in [3.63, 3.8) is 0 Å². The Bertz CT molecular complexity index is 736. The molecule has 0 saturated carbocycles. The summed E-state index contributed by atoms with van der Waals surface area (Å²) in [6.45, 7) is -0.234. The van der Waals surface area contributed by atoms with Crippen LogP contribution in [0.2, 0.25) is 10.0 Å². The standard InChI is InChI=1S/C15H10Cl2N2O2/c16-11-3-4-13(17)12(9-11)15(21)19-14-8-10(2-1-7-20)5-6-18-14/h3-6,8-9,20H,7H2,(H,18,19,21). The maximum atomic E-state index is 12.1. The van der Waals surface area contributed by atoms with Crippen LogP contribution in [-0.2, 0) is 0 Å². The fourth-order valence-corrected chi connectivity index (χ4v) is 1.95. The molecule has 6 heteroatoms. The summed E-state index contributed by atoms with van der Waals surface area (Å²) >= 11 is 11.8. The Morgan fingerprint density at radius 1 is 1.29 bits per heavy atom. The van der Waals surface area contributed by atoms with E-state index in [9.17, 15) is 4.79 Å². The lowest BCUT2D eigenvalue weighted by atomic mass is 10.2. The quantitative estimate of drug-likeness (QED) is 0.836. The van der Waals surface area contributed by atoms with Crippen molar-refractivity contribution in [2.75, 3.05) is 11.9 Å². The third-order valence-corrected chi connectivity index (χ3v) is 3.05. The molecular weight excluding hydrogens is 311 g/mol. The molecule has 0 saturated heterocycles. The maximum absolute atomic E-state index is 12.1. The number of aliphatic hydroxyl groups excluding tert-OH is 1. The van der Waals surface area contributed by atoms with Crippen molar-refractivity contribution in [3.8, 4) is 11.8 Å². The molecule has 0 fully saturated rings. The maximum Gasteiger partial charge on any atom is 0.258 e. The molecule has 0 spiro atoms. The second-order valence-corrected chi connectivity index (χ2v) is 4.81. The zero-order chi connectivity index (χ0) is 15.2. The minimum absolute atomic E-state index is 0.234. The van der Waals surface area contributed by atoms with E-state index in [-0.39, 0.29) is 12.2 Å². The van der Waals surface area contributed by atoms with Gasteiger partial charge in [-0.25, -0.2) is 4.98 Å². The number of anilines is 1. The molecule has 1 aromatic heterocycles. The Morgan fingerprint density at radius 3 is 2.86 bits per heavy atom. The van der Waals surface area contributed by atoms with Gasteiger partial charge in [0, 0.05) is 16.8 Å². The van der Waals surface area contributed by atoms with E-state index in [1.165, 1.54) is 12.3 Å². The van der Waals surface area contributed by atoms with Crippen LogP contribution < -0.4 is 5.32 Å². The number of aromatic nitrogens is 1. The number of halogens is 2. The van der Waals surface area contributed by atoms with Crippen molar-refractivity contribution in [1.29, 1.82) is 0 Å². The molecule has 0 atom stereocenters. The molecule has 0 aliphatic heterocycles. The molecule has 1 amide bonds. The largest absolute Gasteiger partial charge is 0.384 e. The van der Waals surface area contributed by atoms with Crippen LogP contribution in [-0.4, -0.2) is 22.6 Å². The van der Waals surface area contributed by atoms with E-state index >= 15 is 0 Å². The summed E-state index contributed by atoms with van der Waals surface area (Å²) in [6.07, 6.45) is 1.51. The summed E-state index contributed by atoms with van der Waals surface area (Å²) in [5.41, 5.74) is 0.893. The second kappa shape index (κ2) is 7.09. The number of pyridine rings is 1. The Kier molecular flexibility index (Phi) is 5.18. The molecule has 2 N–H and O–H groups in total. The highest BCUT2D eigenvalue weighted by Gasteiger charge is 2.11. The first-order valence-electron chi connectivity index (χ1n) is 5.92. The topological polar surface area (TPSA) is 62.2 Å². The Labute approximate surface area is 131 Å². The molecule has 1 heterocycles. The number of nitrogens with one attached hydrogen (secondary N) is 1. The van der Waals surface area contributed by atoms with Gasteiger partial charge in [0.1, 0.15) is 12.4 Å². The zero-order valence-corrected chi connectivity index (χ0v) is 12.2. The van der Waals surface area contributed by atoms with Gasteiger partial charge in [-0.05, 0) is 30.3 Å². The molecule has 0 bridgehead atoms. The van der Waals surface area contributed by atoms with Gasteiger partial charge in [0.15, 0.2) is 0 Å². The monoisotopic (exact) mass is 320 g/mol. The third kappa shape index (κ3) is 4.20. The van der Waals surface area contributed by atoms with Gasteiger partial charge in [-0.2, -0.15) is 0 Å². The average molecular weight is 321 g/mol. The van der Waals surface area contributed by atoms with Crippen LogP contribution in [0, 0.1) is 11.8 Å². The normalized spacial score (nSPS) is 9.67. The second-order valence-electron chi connectivity index (χ2n) is 3.97. The van der Waals surface area contributed by atoms with Gasteiger partial charge in [-0.3, -0.25) is 4.79 Å². The first-order chi connectivity index (χ1) is 10.1. The van der Waals surface area contributed by atoms with Gasteiger partial charge < -0.3 is 10.4 Å². The van der Waals surface area contributed by atoms with Crippen LogP contribution in [0.3, 0.4) is 0 Å². The number of nitrogens with zero attached hydrogens (tertiary/aromatic N) is 1. The highest BCUT2D eigenvalue weighted by Crippen LogP contribution is 2.21. The van der Waals surface area contributed by atoms with Gasteiger partial charge in [0.25, 0.3) is 5.91 Å². The number of hydrogen-bond donors (Lipinski definition) is 2. The number of aliphatic hydroxyl groups is 1. The van der Waals surface area contributed by atoms with E-state index in [2.05, 4.69) is 22.1 Å². The molecule has 1 aromatic carbocycles. The van der Waals surface area contributed by atoms with Gasteiger partial charge in [0.05, 0.1) is 10.6 Å². The van der Waals surface area contributed by atoms with Crippen molar-refractivity contribution in [3.05, 3.63) is 57.7 Å². The smallest absolute Gasteiger partial charge is 0.258 e. The van der Waals surface area contributed by atoms with Crippen LogP contribution in [0.15, 0.2) is 36.5 Å². The van der Waals surface area contributed by atoms with E-state index < -0.39 is 5.91 Å². The highest BCUT2D eigenvalue weighted by molar-refractivity contribution is 6.36. The molecule has 0 aliphatic rings. The highest BCUT2D eigenvalue weighted by atomic mass is 35.5. The predicted octanol–water partition coefficient (Wildman–Crippen LogP) is 2.98. The summed E-state index contributed by atoms with van der Waals surface area (Å²) in [5, 5.41) is 12.0. The van der Waals surface area contributed by atoms with Crippen molar-refractivity contribution >= 4 is 34.9 Å². The number of carbonyl (C=O) groups is 1. The van der Waals surface area contributed by atoms with Gasteiger partial charge in [-0.1, -0.05) is 35.0 Å². The molecule has 0 aliphatic carbocycles. The fourth-order valence-electron chi connectivity index (χ4n) is 1.57. The third-order valence-electron chi connectivity index (χ3n) is 2.49. The van der Waals surface area contributed by atoms with E-state index in [1.54, 1.807) is 24.3 Å². The summed E-state index contributed by atoms with van der Waals surface area (Å²) in [6, 6.07) is 7.90. The zero-order valence-electron chi connectivity index (χ0n) is 10.7. The molecular formula is C15H10Cl2N2O2. The Balaban J connectivity index is 2.21. The van der Waals surface area contributed by atoms with Gasteiger partial charge in [0.2, 0.25) is 0 Å². The number of amides is 1. The summed E-state index contributed by atoms with van der Waals surface area (Å²) in [5.74, 6) is 5.17. The lowest BCUT2D eigenvalue weighted by Gasteiger charge is -2.06. The average Bonchev–Trinajstić information content (AvgIpc) is 2.48. The number of rotatable bonds is 2. The summed E-state index contributed by atoms with van der Waals surface area (Å²) in [7, 11) is 0. The van der Waals surface area contributed by atoms with Crippen molar-refractivity contribution < 1.29 is 9.90 Å². The molecule has 2 rings (SSSR count). The first kappa shape index (κ1) is 15.3. The first-order valence-corrected chi connectivity index (χ1v) is 6.68. The molecule has 106 valence electrons. The van der Waals surface area contributed by atoms with E-state index in [0.717, 1.165) is 0 Å². The van der Waals surface area contributed by atoms with Crippen LogP contribution in [0.4, 0.5) is 5.82 Å². The van der Waals surface area contributed by atoms with E-state index in [0.29, 0.717) is 21.4 Å². The predicted molar refractivity (Wildman–Crippen MR) is 82.6 cm³/mol. The van der Waals surface area contributed by atoms with E-state index in [4.69, 9.17) is 28.3 Å². The molecule has 4 nitrogen and oxygen atoms in total. The van der Waals surface area contributed by atoms with E-state index in [1.807, 2.05) is 0 Å². The minimum atomic E-state index is -0.415. The Morgan fingerprint density at radius 2 is 2.10 bits per heavy atom. The number of benzene rings is 1. The lowest BCUT2D eigenvalue weighted by molar-refractivity contribution is 0.102. The lowest BCUT2D eigenvalue weighted by Crippen LogP contribution is -2.13. The number of hydrogen-bond acceptors (Lipinski definition) is 3. The fraction of sp³-hybridized carbons (Fsp3) is 0.0667. The minimum Gasteiger partial charge on any atom is -0.384 e. The summed E-state index contributed by atoms with van der Waals surface area (Å²) in [4.78, 5) is 16.2. The van der Waals surface area contributed by atoms with Crippen molar-refractivity contribution in [2.45, 2.75) is 0 Å². The Hall–Kier alpha value is -2.06. The number of carbonyl (C=O) groups excluding carboxylic acids is 1. The summed E-state index contributed by atoms with van der Waals surface area (Å²) < 4.78 is 0. The van der Waals surface area contributed by atoms with Crippen LogP contribution in [0.1, 0.15) is 15.9 Å². The van der Waals surface area contributed by atoms with Gasteiger partial charge >= 0.3 is 0 Å². The molecule has 0 unspecified atom stereocenters. The molecule has 0 radical (unpaired) electrons. The molecule has 21 heavy (non-hydrogen) atoms. The van der Waals surface area contributed by atoms with Crippen molar-refractivity contribution in [1.82, 2.24) is 4.98 Å². The molecule has 2 aromatic rings. The van der Waals surface area contributed by atoms with Crippen molar-refractivity contribution in [2.24, 2.45) is 0 Å². The van der Waals surface area contributed by atoms with Crippen LogP contribution in [0.25, 0.3) is 0 Å². The van der Waals surface area contributed by atoms with Crippen LogP contribution >= 0.6 is 23.2 Å². The SMILES string of the molecule is O=C(Nc1cc(C#CCO)ccn1)c1cc(Cl)ccc1Cl.